The van der Waals surface area contributed by atoms with Crippen LogP contribution in [0.4, 0.5) is 11.4 Å². The standard InChI is InChI=1S/C18H13Br2N3/c19-13-7-8-14(20)15(9-13)22-18(21)23-10-12-5-1-3-11-4-2-6-16(23)17(11)12/h1-9H,10H2,(H2,21,22). The molecule has 3 nitrogen and oxygen atoms in total. The van der Waals surface area contributed by atoms with E-state index in [-0.39, 0.29) is 0 Å². The Morgan fingerprint density at radius 2 is 1.83 bits per heavy atom. The minimum absolute atomic E-state index is 0.493. The predicted molar refractivity (Wildman–Crippen MR) is 103 cm³/mol. The van der Waals surface area contributed by atoms with Gasteiger partial charge in [-0.2, -0.15) is 0 Å². The van der Waals surface area contributed by atoms with E-state index in [1.54, 1.807) is 0 Å². The summed E-state index contributed by atoms with van der Waals surface area (Å²) >= 11 is 7.00. The van der Waals surface area contributed by atoms with E-state index in [1.807, 2.05) is 18.2 Å². The number of rotatable bonds is 1. The average molecular weight is 431 g/mol. The van der Waals surface area contributed by atoms with E-state index in [4.69, 9.17) is 5.73 Å². The molecule has 0 fully saturated rings. The molecule has 3 aromatic rings. The largest absolute Gasteiger partial charge is 0.369 e. The summed E-state index contributed by atoms with van der Waals surface area (Å²) in [6, 6.07) is 18.5. The summed E-state index contributed by atoms with van der Waals surface area (Å²) in [6.07, 6.45) is 0. The predicted octanol–water partition coefficient (Wildman–Crippen LogP) is 5.33. The normalized spacial score (nSPS) is 13.8. The van der Waals surface area contributed by atoms with Crippen molar-refractivity contribution in [2.75, 3.05) is 4.90 Å². The van der Waals surface area contributed by atoms with Crippen LogP contribution in [0.5, 0.6) is 0 Å². The van der Waals surface area contributed by atoms with Crippen molar-refractivity contribution in [3.63, 3.8) is 0 Å². The van der Waals surface area contributed by atoms with Gasteiger partial charge in [0.05, 0.1) is 17.9 Å². The van der Waals surface area contributed by atoms with Gasteiger partial charge in [0.15, 0.2) is 0 Å². The van der Waals surface area contributed by atoms with Gasteiger partial charge >= 0.3 is 0 Å². The number of nitrogens with two attached hydrogens (primary N) is 1. The number of halogens is 2. The van der Waals surface area contributed by atoms with Gasteiger partial charge in [0, 0.05) is 14.3 Å². The summed E-state index contributed by atoms with van der Waals surface area (Å²) in [6.45, 7) is 0.748. The Balaban J connectivity index is 1.80. The molecule has 0 unspecified atom stereocenters. The third kappa shape index (κ3) is 2.54. The number of anilines is 1. The van der Waals surface area contributed by atoms with Crippen LogP contribution in [0.3, 0.4) is 0 Å². The second kappa shape index (κ2) is 5.65. The Bertz CT molecular complexity index is 945. The molecule has 1 aliphatic rings. The summed E-state index contributed by atoms with van der Waals surface area (Å²) in [5, 5.41) is 2.50. The van der Waals surface area contributed by atoms with E-state index >= 15 is 0 Å². The fourth-order valence-electron chi connectivity index (χ4n) is 2.97. The quantitative estimate of drug-likeness (QED) is 0.418. The highest BCUT2D eigenvalue weighted by Gasteiger charge is 2.23. The zero-order chi connectivity index (χ0) is 16.0. The van der Waals surface area contributed by atoms with Gasteiger partial charge in [-0.15, -0.1) is 0 Å². The fourth-order valence-corrected chi connectivity index (χ4v) is 3.65. The van der Waals surface area contributed by atoms with E-state index in [9.17, 15) is 0 Å². The number of hydrogen-bond donors (Lipinski definition) is 1. The molecule has 0 aliphatic carbocycles. The van der Waals surface area contributed by atoms with Crippen LogP contribution in [0.15, 0.2) is 68.5 Å². The summed E-state index contributed by atoms with van der Waals surface area (Å²) < 4.78 is 1.89. The zero-order valence-corrected chi connectivity index (χ0v) is 15.3. The van der Waals surface area contributed by atoms with Crippen molar-refractivity contribution in [3.8, 4) is 0 Å². The van der Waals surface area contributed by atoms with Crippen molar-refractivity contribution in [1.82, 2.24) is 0 Å². The minimum Gasteiger partial charge on any atom is -0.369 e. The van der Waals surface area contributed by atoms with E-state index < -0.39 is 0 Å². The van der Waals surface area contributed by atoms with Crippen molar-refractivity contribution in [2.24, 2.45) is 10.7 Å². The van der Waals surface area contributed by atoms with Crippen molar-refractivity contribution < 1.29 is 0 Å². The van der Waals surface area contributed by atoms with E-state index in [0.717, 1.165) is 26.9 Å². The molecular formula is C18H13Br2N3. The van der Waals surface area contributed by atoms with Crippen LogP contribution >= 0.6 is 31.9 Å². The number of guanidine groups is 1. The minimum atomic E-state index is 0.493. The van der Waals surface area contributed by atoms with Crippen LogP contribution in [-0.2, 0) is 6.54 Å². The van der Waals surface area contributed by atoms with Crippen molar-refractivity contribution in [1.29, 1.82) is 0 Å². The Morgan fingerprint density at radius 1 is 1.04 bits per heavy atom. The highest BCUT2D eigenvalue weighted by atomic mass is 79.9. The van der Waals surface area contributed by atoms with Gasteiger partial charge in [0.25, 0.3) is 0 Å². The first-order valence-corrected chi connectivity index (χ1v) is 8.79. The van der Waals surface area contributed by atoms with Crippen molar-refractivity contribution >= 4 is 60.0 Å². The molecule has 0 spiro atoms. The summed E-state index contributed by atoms with van der Waals surface area (Å²) in [5.74, 6) is 0.493. The lowest BCUT2D eigenvalue weighted by atomic mass is 10.1. The Kier molecular flexibility index (Phi) is 3.62. The lowest BCUT2D eigenvalue weighted by molar-refractivity contribution is 1.04. The molecule has 0 radical (unpaired) electrons. The molecule has 114 valence electrons. The first-order chi connectivity index (χ1) is 11.1. The molecule has 23 heavy (non-hydrogen) atoms. The van der Waals surface area contributed by atoms with Gasteiger partial charge in [0.2, 0.25) is 5.96 Å². The van der Waals surface area contributed by atoms with Gasteiger partial charge in [-0.3, -0.25) is 0 Å². The second-order valence-corrected chi connectivity index (χ2v) is 7.21. The average Bonchev–Trinajstić information content (AvgIpc) is 2.92. The Hall–Kier alpha value is -1.85. The van der Waals surface area contributed by atoms with Crippen LogP contribution in [0, 0.1) is 0 Å². The topological polar surface area (TPSA) is 41.6 Å². The van der Waals surface area contributed by atoms with Crippen LogP contribution in [0.2, 0.25) is 0 Å². The SMILES string of the molecule is NC(=Nc1cc(Br)ccc1Br)N1Cc2cccc3cccc1c23. The van der Waals surface area contributed by atoms with Crippen LogP contribution in [-0.4, -0.2) is 5.96 Å². The van der Waals surface area contributed by atoms with Gasteiger partial charge in [-0.05, 0) is 51.1 Å². The maximum Gasteiger partial charge on any atom is 0.201 e. The maximum atomic E-state index is 6.32. The van der Waals surface area contributed by atoms with Crippen molar-refractivity contribution in [2.45, 2.75) is 6.54 Å². The molecular weight excluding hydrogens is 418 g/mol. The first-order valence-electron chi connectivity index (χ1n) is 7.21. The summed E-state index contributed by atoms with van der Waals surface area (Å²) in [4.78, 5) is 6.68. The number of benzene rings is 3. The van der Waals surface area contributed by atoms with E-state index in [1.165, 1.54) is 16.3 Å². The first kappa shape index (κ1) is 14.7. The molecule has 1 heterocycles. The van der Waals surface area contributed by atoms with Crippen molar-refractivity contribution in [3.05, 3.63) is 69.1 Å². The molecule has 1 aliphatic heterocycles. The highest BCUT2D eigenvalue weighted by molar-refractivity contribution is 9.11. The highest BCUT2D eigenvalue weighted by Crippen LogP contribution is 2.37. The Labute approximate surface area is 151 Å². The van der Waals surface area contributed by atoms with Crippen LogP contribution < -0.4 is 10.6 Å². The molecule has 4 rings (SSSR count). The third-order valence-corrected chi connectivity index (χ3v) is 5.17. The zero-order valence-electron chi connectivity index (χ0n) is 12.1. The van der Waals surface area contributed by atoms with Gasteiger partial charge in [0.1, 0.15) is 0 Å². The van der Waals surface area contributed by atoms with Gasteiger partial charge < -0.3 is 10.6 Å². The molecule has 0 amide bonds. The molecule has 5 heteroatoms. The summed E-state index contributed by atoms with van der Waals surface area (Å²) in [7, 11) is 0. The molecule has 2 N–H and O–H groups in total. The number of hydrogen-bond acceptors (Lipinski definition) is 1. The molecule has 3 aromatic carbocycles. The number of nitrogens with zero attached hydrogens (tertiary/aromatic N) is 2. The van der Waals surface area contributed by atoms with E-state index in [0.29, 0.717) is 5.96 Å². The van der Waals surface area contributed by atoms with Gasteiger partial charge in [-0.25, -0.2) is 4.99 Å². The molecule has 0 saturated heterocycles. The maximum absolute atomic E-state index is 6.32. The molecule has 0 atom stereocenters. The van der Waals surface area contributed by atoms with E-state index in [2.05, 4.69) is 78.2 Å². The second-order valence-electron chi connectivity index (χ2n) is 5.44. The lowest BCUT2D eigenvalue weighted by Crippen LogP contribution is -2.34. The van der Waals surface area contributed by atoms with Crippen LogP contribution in [0.1, 0.15) is 5.56 Å². The summed E-state index contributed by atoms with van der Waals surface area (Å²) in [5.41, 5.74) is 9.53. The Morgan fingerprint density at radius 3 is 2.65 bits per heavy atom. The van der Waals surface area contributed by atoms with Crippen LogP contribution in [0.25, 0.3) is 10.8 Å². The molecule has 0 bridgehead atoms. The third-order valence-electron chi connectivity index (χ3n) is 4.01. The smallest absolute Gasteiger partial charge is 0.201 e. The fraction of sp³-hybridized carbons (Fsp3) is 0.0556. The van der Waals surface area contributed by atoms with Gasteiger partial charge in [-0.1, -0.05) is 46.3 Å². The monoisotopic (exact) mass is 429 g/mol. The molecule has 0 aromatic heterocycles. The lowest BCUT2D eigenvalue weighted by Gasteiger charge is -2.18. The molecule has 0 saturated carbocycles. The number of aliphatic imine (C=N–C) groups is 1.